The van der Waals surface area contributed by atoms with Gasteiger partial charge >= 0.3 is 0 Å². The first kappa shape index (κ1) is 20.7. The lowest BCUT2D eigenvalue weighted by Gasteiger charge is -2.08. The summed E-state index contributed by atoms with van der Waals surface area (Å²) in [5.41, 5.74) is 2.88. The summed E-state index contributed by atoms with van der Waals surface area (Å²) in [6.07, 6.45) is 0. The number of hydrogen-bond donors (Lipinski definition) is 2. The predicted molar refractivity (Wildman–Crippen MR) is 117 cm³/mol. The van der Waals surface area contributed by atoms with Gasteiger partial charge in [0.1, 0.15) is 0 Å². The third kappa shape index (κ3) is 5.26. The van der Waals surface area contributed by atoms with Crippen LogP contribution < -0.4 is 5.32 Å². The molecule has 0 fully saturated rings. The molecule has 6 heteroatoms. The second-order valence-corrected chi connectivity index (χ2v) is 6.75. The molecule has 150 valence electrons. The maximum atomic E-state index is 12.8. The number of benzene rings is 3. The highest BCUT2D eigenvalue weighted by molar-refractivity contribution is 6.47. The number of aryl methyl sites for hydroxylation is 2. The van der Waals surface area contributed by atoms with Crippen molar-refractivity contribution in [1.82, 2.24) is 0 Å². The molecule has 0 aliphatic rings. The normalized spacial score (nSPS) is 11.8. The summed E-state index contributed by atoms with van der Waals surface area (Å²) < 4.78 is 0. The molecule has 30 heavy (non-hydrogen) atoms. The summed E-state index contributed by atoms with van der Waals surface area (Å²) in [6, 6.07) is 22.6. The second kappa shape index (κ2) is 9.43. The van der Waals surface area contributed by atoms with E-state index in [1.165, 1.54) is 0 Å². The van der Waals surface area contributed by atoms with Gasteiger partial charge in [-0.2, -0.15) is 5.11 Å². The van der Waals surface area contributed by atoms with Gasteiger partial charge in [0.2, 0.25) is 0 Å². The first-order valence-corrected chi connectivity index (χ1v) is 9.33. The number of azo groups is 1. The Morgan fingerprint density at radius 3 is 1.97 bits per heavy atom. The first-order chi connectivity index (χ1) is 14.4. The van der Waals surface area contributed by atoms with Crippen LogP contribution in [-0.2, 0) is 9.59 Å². The van der Waals surface area contributed by atoms with Crippen molar-refractivity contribution in [3.63, 3.8) is 0 Å². The highest BCUT2D eigenvalue weighted by Gasteiger charge is 2.24. The molecule has 3 aromatic carbocycles. The fraction of sp³-hybridized carbons (Fsp3) is 0.0833. The van der Waals surface area contributed by atoms with Crippen LogP contribution in [0.25, 0.3) is 5.76 Å². The average molecular weight is 399 g/mol. The minimum absolute atomic E-state index is 0.360. The van der Waals surface area contributed by atoms with Gasteiger partial charge in [-0.15, -0.1) is 5.11 Å². The Bertz CT molecular complexity index is 1100. The number of anilines is 1. The quantitative estimate of drug-likeness (QED) is 0.247. The lowest BCUT2D eigenvalue weighted by atomic mass is 10.1. The van der Waals surface area contributed by atoms with Gasteiger partial charge in [-0.25, -0.2) is 0 Å². The Labute approximate surface area is 174 Å². The van der Waals surface area contributed by atoms with Crippen molar-refractivity contribution in [2.75, 3.05) is 5.32 Å². The number of rotatable bonds is 6. The Morgan fingerprint density at radius 1 is 0.800 bits per heavy atom. The second-order valence-electron chi connectivity index (χ2n) is 6.75. The number of hydrogen-bond acceptors (Lipinski definition) is 5. The van der Waals surface area contributed by atoms with Crippen LogP contribution in [0.3, 0.4) is 0 Å². The number of aliphatic hydroxyl groups is 1. The third-order valence-electron chi connectivity index (χ3n) is 4.30. The summed E-state index contributed by atoms with van der Waals surface area (Å²) in [6.45, 7) is 3.82. The van der Waals surface area contributed by atoms with Crippen LogP contribution in [0.2, 0.25) is 0 Å². The summed E-state index contributed by atoms with van der Waals surface area (Å²) >= 11 is 0. The Hall–Kier alpha value is -4.06. The molecule has 2 N–H and O–H groups in total. The molecule has 6 nitrogen and oxygen atoms in total. The predicted octanol–water partition coefficient (Wildman–Crippen LogP) is 5.52. The van der Waals surface area contributed by atoms with Gasteiger partial charge in [-0.1, -0.05) is 65.7 Å². The molecule has 0 saturated heterocycles. The molecule has 0 unspecified atom stereocenters. The smallest absolute Gasteiger partial charge is 0.298 e. The van der Waals surface area contributed by atoms with Crippen molar-refractivity contribution >= 4 is 28.8 Å². The van der Waals surface area contributed by atoms with Crippen LogP contribution in [0.15, 0.2) is 94.8 Å². The molecule has 0 aliphatic heterocycles. The maximum absolute atomic E-state index is 12.8. The van der Waals surface area contributed by atoms with Crippen molar-refractivity contribution in [1.29, 1.82) is 0 Å². The zero-order chi connectivity index (χ0) is 21.5. The number of ketones is 1. The first-order valence-electron chi connectivity index (χ1n) is 9.33. The van der Waals surface area contributed by atoms with Crippen LogP contribution in [0, 0.1) is 13.8 Å². The van der Waals surface area contributed by atoms with Crippen molar-refractivity contribution < 1.29 is 14.7 Å². The molecule has 0 atom stereocenters. The number of nitrogens with one attached hydrogen (secondary N) is 1. The number of carbonyl (C=O) groups is 2. The molecule has 0 spiro atoms. The van der Waals surface area contributed by atoms with Crippen LogP contribution in [0.4, 0.5) is 11.4 Å². The van der Waals surface area contributed by atoms with E-state index in [2.05, 4.69) is 15.5 Å². The Balaban J connectivity index is 1.95. The Kier molecular flexibility index (Phi) is 6.49. The van der Waals surface area contributed by atoms with Gasteiger partial charge < -0.3 is 10.4 Å². The van der Waals surface area contributed by atoms with E-state index in [1.54, 1.807) is 60.7 Å². The van der Waals surface area contributed by atoms with Crippen LogP contribution in [0.5, 0.6) is 0 Å². The topological polar surface area (TPSA) is 91.1 Å². The molecule has 0 bridgehead atoms. The summed E-state index contributed by atoms with van der Waals surface area (Å²) in [4.78, 5) is 25.4. The summed E-state index contributed by atoms with van der Waals surface area (Å²) in [5, 5.41) is 21.1. The summed E-state index contributed by atoms with van der Waals surface area (Å²) in [7, 11) is 0. The number of nitrogens with zero attached hydrogens (tertiary/aromatic N) is 2. The SMILES string of the molecule is Cc1ccc(NC(=O)C(=O)/C(N=Nc2ccccc2)=C(/O)c2ccc(C)cc2)cc1. The number of carbonyl (C=O) groups excluding carboxylic acids is 2. The van der Waals surface area contributed by atoms with E-state index >= 15 is 0 Å². The van der Waals surface area contributed by atoms with Gasteiger partial charge in [0.05, 0.1) is 5.69 Å². The molecule has 0 radical (unpaired) electrons. The van der Waals surface area contributed by atoms with Crippen LogP contribution >= 0.6 is 0 Å². The lowest BCUT2D eigenvalue weighted by molar-refractivity contribution is -0.132. The molecular weight excluding hydrogens is 378 g/mol. The van der Waals surface area contributed by atoms with E-state index < -0.39 is 23.1 Å². The van der Waals surface area contributed by atoms with Gasteiger partial charge in [-0.05, 0) is 38.1 Å². The van der Waals surface area contributed by atoms with E-state index in [4.69, 9.17) is 0 Å². The van der Waals surface area contributed by atoms with E-state index in [0.29, 0.717) is 16.9 Å². The number of aliphatic hydroxyl groups excluding tert-OH is 1. The van der Waals surface area contributed by atoms with Gasteiger partial charge in [0.25, 0.3) is 11.7 Å². The minimum atomic E-state index is -0.992. The average Bonchev–Trinajstić information content (AvgIpc) is 2.76. The minimum Gasteiger partial charge on any atom is -0.505 e. The number of Topliss-reactive ketones (excluding diaryl/α,β-unsaturated/α-hetero) is 1. The fourth-order valence-electron chi connectivity index (χ4n) is 2.58. The van der Waals surface area contributed by atoms with E-state index in [1.807, 2.05) is 32.0 Å². The van der Waals surface area contributed by atoms with Crippen LogP contribution in [-0.4, -0.2) is 16.8 Å². The highest BCUT2D eigenvalue weighted by Crippen LogP contribution is 2.22. The highest BCUT2D eigenvalue weighted by atomic mass is 16.3. The zero-order valence-electron chi connectivity index (χ0n) is 16.7. The molecule has 3 rings (SSSR count). The standard InChI is InChI=1S/C24H21N3O3/c1-16-8-12-18(13-9-16)22(28)21(27-26-20-6-4-3-5-7-20)23(29)24(30)25-19-14-10-17(2)11-15-19/h3-15,28H,1-2H3,(H,25,30)/b22-21-,27-26?. The zero-order valence-corrected chi connectivity index (χ0v) is 16.7. The monoisotopic (exact) mass is 399 g/mol. The van der Waals surface area contributed by atoms with E-state index in [0.717, 1.165) is 11.1 Å². The molecule has 0 heterocycles. The largest absolute Gasteiger partial charge is 0.505 e. The molecule has 0 aliphatic carbocycles. The van der Waals surface area contributed by atoms with Gasteiger partial charge in [-0.3, -0.25) is 9.59 Å². The van der Waals surface area contributed by atoms with Gasteiger partial charge in [0.15, 0.2) is 11.5 Å². The maximum Gasteiger partial charge on any atom is 0.298 e. The van der Waals surface area contributed by atoms with Crippen molar-refractivity contribution in [2.24, 2.45) is 10.2 Å². The fourth-order valence-corrected chi connectivity index (χ4v) is 2.58. The molecule has 0 aromatic heterocycles. The van der Waals surface area contributed by atoms with Gasteiger partial charge in [0, 0.05) is 11.3 Å². The molecular formula is C24H21N3O3. The number of amides is 1. The van der Waals surface area contributed by atoms with Crippen LogP contribution in [0.1, 0.15) is 16.7 Å². The van der Waals surface area contributed by atoms with Crippen molar-refractivity contribution in [3.8, 4) is 0 Å². The third-order valence-corrected chi connectivity index (χ3v) is 4.30. The Morgan fingerprint density at radius 2 is 1.37 bits per heavy atom. The summed E-state index contributed by atoms with van der Waals surface area (Å²) in [5.74, 6) is -2.33. The lowest BCUT2D eigenvalue weighted by Crippen LogP contribution is -2.24. The molecule has 3 aromatic rings. The van der Waals surface area contributed by atoms with Crippen molar-refractivity contribution in [3.05, 3.63) is 101 Å². The van der Waals surface area contributed by atoms with E-state index in [-0.39, 0.29) is 0 Å². The molecule has 1 amide bonds. The molecule has 0 saturated carbocycles. The van der Waals surface area contributed by atoms with Crippen molar-refractivity contribution in [2.45, 2.75) is 13.8 Å². The van der Waals surface area contributed by atoms with E-state index in [9.17, 15) is 14.7 Å².